The number of aromatic nitrogens is 5. The first-order valence-corrected chi connectivity index (χ1v) is 10.8. The minimum atomic E-state index is 0.0319. The fraction of sp³-hybridized carbons (Fsp3) is 0.400. The Morgan fingerprint density at radius 1 is 1.17 bits per heavy atom. The van der Waals surface area contributed by atoms with E-state index in [0.717, 1.165) is 30.2 Å². The van der Waals surface area contributed by atoms with Crippen molar-refractivity contribution in [1.82, 2.24) is 29.4 Å². The Labute approximate surface area is 179 Å². The number of amides is 1. The van der Waals surface area contributed by atoms with E-state index in [9.17, 15) is 4.79 Å². The van der Waals surface area contributed by atoms with Crippen LogP contribution in [0.2, 0.25) is 0 Å². The first-order chi connectivity index (χ1) is 14.6. The molecule has 0 saturated carbocycles. The van der Waals surface area contributed by atoms with Crippen molar-refractivity contribution in [2.45, 2.75) is 26.7 Å². The highest BCUT2D eigenvalue weighted by Gasteiger charge is 2.26. The Bertz CT molecular complexity index is 1000. The topological polar surface area (TPSA) is 100 Å². The Morgan fingerprint density at radius 2 is 2.00 bits per heavy atom. The Kier molecular flexibility index (Phi) is 6.12. The van der Waals surface area contributed by atoms with Gasteiger partial charge in [-0.25, -0.2) is 15.0 Å². The summed E-state index contributed by atoms with van der Waals surface area (Å²) in [7, 11) is 0. The van der Waals surface area contributed by atoms with Crippen LogP contribution in [0.4, 0.5) is 17.5 Å². The van der Waals surface area contributed by atoms with Crippen LogP contribution in [0.3, 0.4) is 0 Å². The van der Waals surface area contributed by atoms with Gasteiger partial charge in [-0.15, -0.1) is 5.10 Å². The molecular formula is C20H24N8OS. The lowest BCUT2D eigenvalue weighted by atomic mass is 10.2. The molecule has 0 unspecified atom stereocenters. The van der Waals surface area contributed by atoms with Crippen LogP contribution in [0.5, 0.6) is 0 Å². The monoisotopic (exact) mass is 424 g/mol. The molecule has 4 heterocycles. The molecule has 0 radical (unpaired) electrons. The number of hydrogen-bond acceptors (Lipinski definition) is 9. The van der Waals surface area contributed by atoms with Crippen LogP contribution in [0, 0.1) is 6.92 Å². The van der Waals surface area contributed by atoms with Crippen molar-refractivity contribution in [2.24, 2.45) is 0 Å². The molecule has 4 rings (SSSR count). The lowest BCUT2D eigenvalue weighted by Crippen LogP contribution is -2.49. The fourth-order valence-corrected chi connectivity index (χ4v) is 4.08. The highest BCUT2D eigenvalue weighted by molar-refractivity contribution is 7.08. The molecule has 0 spiro atoms. The highest BCUT2D eigenvalue weighted by atomic mass is 32.1. The van der Waals surface area contributed by atoms with Gasteiger partial charge in [0.15, 0.2) is 0 Å². The molecular weight excluding hydrogens is 400 g/mol. The molecule has 1 aliphatic rings. The number of hydrogen-bond donors (Lipinski definition) is 1. The third-order valence-corrected chi connectivity index (χ3v) is 5.63. The van der Waals surface area contributed by atoms with Crippen LogP contribution in [-0.4, -0.2) is 61.5 Å². The van der Waals surface area contributed by atoms with Crippen molar-refractivity contribution in [3.05, 3.63) is 46.9 Å². The summed E-state index contributed by atoms with van der Waals surface area (Å²) in [6.07, 6.45) is 3.46. The second-order valence-electron chi connectivity index (χ2n) is 7.08. The van der Waals surface area contributed by atoms with Gasteiger partial charge in [0.1, 0.15) is 28.2 Å². The first-order valence-electron chi connectivity index (χ1n) is 10.0. The summed E-state index contributed by atoms with van der Waals surface area (Å²) >= 11 is 1.19. The summed E-state index contributed by atoms with van der Waals surface area (Å²) in [6, 6.07) is 7.61. The zero-order valence-electron chi connectivity index (χ0n) is 17.1. The minimum Gasteiger partial charge on any atom is -0.353 e. The van der Waals surface area contributed by atoms with E-state index in [0.29, 0.717) is 42.7 Å². The fourth-order valence-electron chi connectivity index (χ4n) is 3.40. The largest absolute Gasteiger partial charge is 0.353 e. The van der Waals surface area contributed by atoms with Crippen molar-refractivity contribution in [3.8, 4) is 0 Å². The predicted octanol–water partition coefficient (Wildman–Crippen LogP) is 2.69. The SMILES string of the molecule is CCCc1nnsc1C(=O)N1CCN(c2cc(Nc3ccccn3)nc(C)n2)CC1. The van der Waals surface area contributed by atoms with Crippen molar-refractivity contribution >= 4 is 34.9 Å². The number of anilines is 3. The lowest BCUT2D eigenvalue weighted by Gasteiger charge is -2.35. The van der Waals surface area contributed by atoms with Crippen LogP contribution in [0.15, 0.2) is 30.5 Å². The molecule has 10 heteroatoms. The number of piperazine rings is 1. The molecule has 1 fully saturated rings. The van der Waals surface area contributed by atoms with Crippen molar-refractivity contribution < 1.29 is 4.79 Å². The molecule has 156 valence electrons. The van der Waals surface area contributed by atoms with E-state index in [1.807, 2.05) is 36.1 Å². The van der Waals surface area contributed by atoms with E-state index in [-0.39, 0.29) is 5.91 Å². The Morgan fingerprint density at radius 3 is 2.73 bits per heavy atom. The van der Waals surface area contributed by atoms with Gasteiger partial charge < -0.3 is 15.1 Å². The van der Waals surface area contributed by atoms with Crippen molar-refractivity contribution in [2.75, 3.05) is 36.4 Å². The van der Waals surface area contributed by atoms with Gasteiger partial charge in [-0.1, -0.05) is 23.9 Å². The smallest absolute Gasteiger partial charge is 0.267 e. The molecule has 1 N–H and O–H groups in total. The quantitative estimate of drug-likeness (QED) is 0.645. The zero-order chi connectivity index (χ0) is 20.9. The van der Waals surface area contributed by atoms with E-state index < -0.39 is 0 Å². The van der Waals surface area contributed by atoms with Gasteiger partial charge in [0.25, 0.3) is 5.91 Å². The third kappa shape index (κ3) is 4.54. The molecule has 30 heavy (non-hydrogen) atoms. The average Bonchev–Trinajstić information content (AvgIpc) is 3.22. The first kappa shape index (κ1) is 20.1. The molecule has 1 saturated heterocycles. The average molecular weight is 425 g/mol. The van der Waals surface area contributed by atoms with Crippen LogP contribution >= 0.6 is 11.5 Å². The number of carbonyl (C=O) groups excluding carboxylic acids is 1. The molecule has 0 bridgehead atoms. The van der Waals surface area contributed by atoms with Gasteiger partial charge in [-0.05, 0) is 37.0 Å². The van der Waals surface area contributed by atoms with Gasteiger partial charge in [-0.2, -0.15) is 0 Å². The molecule has 0 aromatic carbocycles. The molecule has 0 atom stereocenters. The van der Waals surface area contributed by atoms with Crippen LogP contribution in [0.1, 0.15) is 34.5 Å². The maximum absolute atomic E-state index is 12.9. The van der Waals surface area contributed by atoms with E-state index in [1.165, 1.54) is 11.5 Å². The van der Waals surface area contributed by atoms with Gasteiger partial charge in [0, 0.05) is 38.4 Å². The van der Waals surface area contributed by atoms with E-state index in [2.05, 4.69) is 41.7 Å². The minimum absolute atomic E-state index is 0.0319. The normalized spacial score (nSPS) is 14.1. The Balaban J connectivity index is 1.42. The van der Waals surface area contributed by atoms with Gasteiger partial charge in [0.05, 0.1) is 5.69 Å². The van der Waals surface area contributed by atoms with Gasteiger partial charge in [-0.3, -0.25) is 4.79 Å². The molecule has 9 nitrogen and oxygen atoms in total. The number of nitrogens with zero attached hydrogens (tertiary/aromatic N) is 7. The van der Waals surface area contributed by atoms with E-state index >= 15 is 0 Å². The standard InChI is InChI=1S/C20H24N8OS/c1-3-6-15-19(30-26-25-15)20(29)28-11-9-27(10-12-28)18-13-17(22-14(2)23-18)24-16-7-4-5-8-21-16/h4-5,7-8,13H,3,6,9-12H2,1-2H3,(H,21,22,23,24). The number of aryl methyl sites for hydroxylation is 2. The summed E-state index contributed by atoms with van der Waals surface area (Å²) < 4.78 is 3.98. The van der Waals surface area contributed by atoms with Crippen LogP contribution in [0.25, 0.3) is 0 Å². The molecule has 3 aromatic heterocycles. The second kappa shape index (κ2) is 9.12. The number of pyridine rings is 1. The lowest BCUT2D eigenvalue weighted by molar-refractivity contribution is 0.0750. The highest BCUT2D eigenvalue weighted by Crippen LogP contribution is 2.22. The van der Waals surface area contributed by atoms with Crippen LogP contribution < -0.4 is 10.2 Å². The summed E-state index contributed by atoms with van der Waals surface area (Å²) in [4.78, 5) is 31.0. The van der Waals surface area contributed by atoms with Crippen LogP contribution in [-0.2, 0) is 6.42 Å². The summed E-state index contributed by atoms with van der Waals surface area (Å²) in [5.74, 6) is 3.00. The van der Waals surface area contributed by atoms with Gasteiger partial charge in [0.2, 0.25) is 0 Å². The molecule has 1 aliphatic heterocycles. The van der Waals surface area contributed by atoms with E-state index in [4.69, 9.17) is 0 Å². The van der Waals surface area contributed by atoms with Crippen molar-refractivity contribution in [3.63, 3.8) is 0 Å². The van der Waals surface area contributed by atoms with Gasteiger partial charge >= 0.3 is 0 Å². The second-order valence-corrected chi connectivity index (χ2v) is 7.83. The zero-order valence-corrected chi connectivity index (χ0v) is 17.9. The third-order valence-electron chi connectivity index (χ3n) is 4.87. The Hall–Kier alpha value is -3.14. The summed E-state index contributed by atoms with van der Waals surface area (Å²) in [6.45, 7) is 6.63. The maximum Gasteiger partial charge on any atom is 0.267 e. The summed E-state index contributed by atoms with van der Waals surface area (Å²) in [5, 5.41) is 7.34. The summed E-state index contributed by atoms with van der Waals surface area (Å²) in [5.41, 5.74) is 0.812. The maximum atomic E-state index is 12.9. The molecule has 0 aliphatic carbocycles. The number of nitrogens with one attached hydrogen (secondary N) is 1. The number of carbonyl (C=O) groups is 1. The van der Waals surface area contributed by atoms with Crippen molar-refractivity contribution in [1.29, 1.82) is 0 Å². The van der Waals surface area contributed by atoms with E-state index in [1.54, 1.807) is 6.20 Å². The molecule has 1 amide bonds. The number of rotatable bonds is 6. The predicted molar refractivity (Wildman–Crippen MR) is 116 cm³/mol. The molecule has 3 aromatic rings.